The SMILES string of the molecule is C1=c2sc3c(-c4nc(-c5ccccc5)nc(-c5ccccc5)n4)cccc3c2=CCC1c1ccc(-c2cccc3c2sc2ccccc23)c2c1oc1ccccc12. The highest BCUT2D eigenvalue weighted by Gasteiger charge is 2.24. The van der Waals surface area contributed by atoms with Crippen LogP contribution in [-0.2, 0) is 0 Å². The quantitative estimate of drug-likeness (QED) is 0.175. The molecule has 0 bridgehead atoms. The van der Waals surface area contributed by atoms with E-state index in [0.717, 1.165) is 39.7 Å². The van der Waals surface area contributed by atoms with Crippen LogP contribution in [0.1, 0.15) is 17.9 Å². The lowest BCUT2D eigenvalue weighted by molar-refractivity contribution is 0.660. The highest BCUT2D eigenvalue weighted by atomic mass is 32.1. The Morgan fingerprint density at radius 1 is 0.491 bits per heavy atom. The summed E-state index contributed by atoms with van der Waals surface area (Å²) in [5.74, 6) is 2.16. The van der Waals surface area contributed by atoms with Gasteiger partial charge in [0.2, 0.25) is 0 Å². The fourth-order valence-electron chi connectivity index (χ4n) is 8.63. The second-order valence-electron chi connectivity index (χ2n) is 14.6. The van der Waals surface area contributed by atoms with Crippen molar-refractivity contribution in [2.45, 2.75) is 12.3 Å². The van der Waals surface area contributed by atoms with Crippen molar-refractivity contribution in [2.75, 3.05) is 0 Å². The van der Waals surface area contributed by atoms with Crippen LogP contribution in [0.3, 0.4) is 0 Å². The first-order valence-corrected chi connectivity index (χ1v) is 20.8. The summed E-state index contributed by atoms with van der Waals surface area (Å²) in [4.78, 5) is 15.1. The van der Waals surface area contributed by atoms with Gasteiger partial charge in [0.05, 0.1) is 0 Å². The van der Waals surface area contributed by atoms with E-state index in [1.54, 1.807) is 0 Å². The molecule has 11 aromatic rings. The molecule has 0 N–H and O–H groups in total. The lowest BCUT2D eigenvalue weighted by Gasteiger charge is -2.16. The molecule has 0 radical (unpaired) electrons. The van der Waals surface area contributed by atoms with Gasteiger partial charge in [0.25, 0.3) is 0 Å². The first-order valence-electron chi connectivity index (χ1n) is 19.2. The Labute approximate surface area is 335 Å². The Morgan fingerprint density at radius 2 is 1.12 bits per heavy atom. The van der Waals surface area contributed by atoms with Crippen LogP contribution in [0.4, 0.5) is 0 Å². The summed E-state index contributed by atoms with van der Waals surface area (Å²) in [5.41, 5.74) is 8.50. The summed E-state index contributed by atoms with van der Waals surface area (Å²) in [6, 6.07) is 55.4. The smallest absolute Gasteiger partial charge is 0.165 e. The van der Waals surface area contributed by atoms with Crippen LogP contribution in [0.2, 0.25) is 0 Å². The van der Waals surface area contributed by atoms with Crippen LogP contribution in [0.15, 0.2) is 162 Å². The minimum absolute atomic E-state index is 0.151. The number of thiophene rings is 2. The molecule has 0 saturated heterocycles. The second kappa shape index (κ2) is 12.9. The van der Waals surface area contributed by atoms with Gasteiger partial charge in [0.15, 0.2) is 17.5 Å². The first kappa shape index (κ1) is 32.5. The lowest BCUT2D eigenvalue weighted by atomic mass is 9.88. The van der Waals surface area contributed by atoms with Gasteiger partial charge in [0, 0.05) is 79.3 Å². The number of benzene rings is 7. The van der Waals surface area contributed by atoms with Gasteiger partial charge in [-0.05, 0) is 35.4 Å². The highest BCUT2D eigenvalue weighted by molar-refractivity contribution is 7.26. The van der Waals surface area contributed by atoms with Gasteiger partial charge in [-0.3, -0.25) is 0 Å². The van der Waals surface area contributed by atoms with Crippen molar-refractivity contribution in [3.05, 3.63) is 173 Å². The average molecular weight is 766 g/mol. The molecule has 57 heavy (non-hydrogen) atoms. The molecule has 0 aliphatic heterocycles. The largest absolute Gasteiger partial charge is 0.456 e. The molecule has 1 atom stereocenters. The molecular weight excluding hydrogens is 735 g/mol. The molecule has 0 saturated carbocycles. The van der Waals surface area contributed by atoms with Crippen molar-refractivity contribution in [1.82, 2.24) is 15.0 Å². The zero-order valence-electron chi connectivity index (χ0n) is 30.5. The molecule has 1 unspecified atom stereocenters. The highest BCUT2D eigenvalue weighted by Crippen LogP contribution is 2.46. The third-order valence-electron chi connectivity index (χ3n) is 11.3. The third kappa shape index (κ3) is 5.22. The molecule has 6 heteroatoms. The molecule has 4 heterocycles. The number of aromatic nitrogens is 3. The summed E-state index contributed by atoms with van der Waals surface area (Å²) >= 11 is 3.69. The molecule has 7 aromatic carbocycles. The Morgan fingerprint density at radius 3 is 1.91 bits per heavy atom. The minimum Gasteiger partial charge on any atom is -0.456 e. The molecule has 0 spiro atoms. The maximum atomic E-state index is 6.84. The van der Waals surface area contributed by atoms with Gasteiger partial charge in [0.1, 0.15) is 11.2 Å². The van der Waals surface area contributed by atoms with Crippen LogP contribution in [0.25, 0.3) is 110 Å². The van der Waals surface area contributed by atoms with E-state index in [0.29, 0.717) is 17.5 Å². The fraction of sp³-hybridized carbons (Fsp3) is 0.0392. The molecule has 268 valence electrons. The lowest BCUT2D eigenvalue weighted by Crippen LogP contribution is -2.23. The first-order chi connectivity index (χ1) is 28.2. The molecule has 4 aromatic heterocycles. The number of hydrogen-bond acceptors (Lipinski definition) is 6. The summed E-state index contributed by atoms with van der Waals surface area (Å²) in [6.07, 6.45) is 5.75. The Kier molecular flexibility index (Phi) is 7.37. The van der Waals surface area contributed by atoms with E-state index < -0.39 is 0 Å². The van der Waals surface area contributed by atoms with Crippen molar-refractivity contribution in [3.8, 4) is 45.3 Å². The van der Waals surface area contributed by atoms with E-state index in [-0.39, 0.29) is 5.92 Å². The number of hydrogen-bond donors (Lipinski definition) is 0. The topological polar surface area (TPSA) is 51.8 Å². The van der Waals surface area contributed by atoms with Gasteiger partial charge < -0.3 is 4.42 Å². The summed E-state index contributed by atoms with van der Waals surface area (Å²) < 4.78 is 11.9. The number of fused-ring (bicyclic) bond motifs is 9. The summed E-state index contributed by atoms with van der Waals surface area (Å²) in [7, 11) is 0. The monoisotopic (exact) mass is 765 g/mol. The third-order valence-corrected chi connectivity index (χ3v) is 13.7. The van der Waals surface area contributed by atoms with E-state index in [4.69, 9.17) is 19.4 Å². The van der Waals surface area contributed by atoms with E-state index >= 15 is 0 Å². The summed E-state index contributed by atoms with van der Waals surface area (Å²) in [5, 5.41) is 7.45. The van der Waals surface area contributed by atoms with Crippen LogP contribution in [-0.4, -0.2) is 15.0 Å². The zero-order valence-corrected chi connectivity index (χ0v) is 32.1. The Balaban J connectivity index is 1.02. The van der Waals surface area contributed by atoms with Crippen LogP contribution in [0.5, 0.6) is 0 Å². The van der Waals surface area contributed by atoms with Crippen molar-refractivity contribution in [1.29, 1.82) is 0 Å². The molecule has 1 aliphatic carbocycles. The molecule has 12 rings (SSSR count). The van der Waals surface area contributed by atoms with Gasteiger partial charge in [-0.1, -0.05) is 152 Å². The second-order valence-corrected chi connectivity index (χ2v) is 16.7. The van der Waals surface area contributed by atoms with E-state index in [1.807, 2.05) is 59.1 Å². The molecule has 4 nitrogen and oxygen atoms in total. The van der Waals surface area contributed by atoms with E-state index in [1.165, 1.54) is 62.1 Å². The Bertz CT molecular complexity index is 3450. The zero-order chi connectivity index (χ0) is 37.5. The van der Waals surface area contributed by atoms with Crippen LogP contribution >= 0.6 is 22.7 Å². The normalized spacial score (nSPS) is 14.0. The van der Waals surface area contributed by atoms with Crippen molar-refractivity contribution in [2.24, 2.45) is 0 Å². The van der Waals surface area contributed by atoms with Gasteiger partial charge >= 0.3 is 0 Å². The fourth-order valence-corrected chi connectivity index (χ4v) is 11.2. The van der Waals surface area contributed by atoms with Gasteiger partial charge in [-0.2, -0.15) is 0 Å². The average Bonchev–Trinajstić information content (AvgIpc) is 3.98. The molecular formula is C51H31N3OS2. The maximum Gasteiger partial charge on any atom is 0.165 e. The predicted octanol–water partition coefficient (Wildman–Crippen LogP) is 12.8. The summed E-state index contributed by atoms with van der Waals surface area (Å²) in [6.45, 7) is 0. The van der Waals surface area contributed by atoms with Gasteiger partial charge in [-0.25, -0.2) is 15.0 Å². The molecule has 1 aliphatic rings. The van der Waals surface area contributed by atoms with E-state index in [2.05, 4.69) is 133 Å². The molecule has 0 fully saturated rings. The van der Waals surface area contributed by atoms with Crippen LogP contribution in [0, 0.1) is 0 Å². The standard InChI is InChI=1S/C51H31N3OS2/c1-3-13-30(14-4-1)49-52-50(31-15-5-2-6-16-31)54-51(53-49)41-22-12-20-38-35-26-25-32(29-44(35)57-48(38)41)33-27-28-36(45-40-18-7-9-23-42(40)55-46(33)45)39-21-11-19-37-34-17-8-10-24-43(34)56-47(37)39/h1-24,26-29,32H,25H2. The maximum absolute atomic E-state index is 6.84. The van der Waals surface area contributed by atoms with Gasteiger partial charge in [-0.15, -0.1) is 22.7 Å². The van der Waals surface area contributed by atoms with Crippen molar-refractivity contribution >= 4 is 87.0 Å². The van der Waals surface area contributed by atoms with Crippen molar-refractivity contribution < 1.29 is 4.42 Å². The van der Waals surface area contributed by atoms with Crippen LogP contribution < -0.4 is 9.75 Å². The van der Waals surface area contributed by atoms with E-state index in [9.17, 15) is 0 Å². The number of para-hydroxylation sites is 1. The Hall–Kier alpha value is -6.73. The number of nitrogens with zero attached hydrogens (tertiary/aromatic N) is 3. The molecule has 0 amide bonds. The predicted molar refractivity (Wildman–Crippen MR) is 239 cm³/mol. The minimum atomic E-state index is 0.151. The number of furan rings is 1. The number of rotatable bonds is 5. The van der Waals surface area contributed by atoms with Crippen molar-refractivity contribution in [3.63, 3.8) is 0 Å².